The van der Waals surface area contributed by atoms with Crippen molar-refractivity contribution >= 4 is 15.9 Å². The van der Waals surface area contributed by atoms with E-state index in [-0.39, 0.29) is 0 Å². The van der Waals surface area contributed by atoms with Gasteiger partial charge >= 0.3 is 0 Å². The van der Waals surface area contributed by atoms with E-state index in [1.54, 1.807) is 6.92 Å². The van der Waals surface area contributed by atoms with Crippen molar-refractivity contribution in [2.45, 2.75) is 6.92 Å². The zero-order valence-electron chi connectivity index (χ0n) is 7.48. The Balaban J connectivity index is 2.40. The van der Waals surface area contributed by atoms with Gasteiger partial charge in [0.1, 0.15) is 0 Å². The van der Waals surface area contributed by atoms with Crippen LogP contribution in [0, 0.1) is 6.92 Å². The van der Waals surface area contributed by atoms with Crippen molar-refractivity contribution in [2.75, 3.05) is 0 Å². The van der Waals surface area contributed by atoms with Gasteiger partial charge in [0.05, 0.1) is 0 Å². The van der Waals surface area contributed by atoms with Gasteiger partial charge in [-0.05, 0) is 31.2 Å². The lowest BCUT2D eigenvalue weighted by Crippen LogP contribution is -1.98. The highest BCUT2D eigenvalue weighted by Gasteiger charge is 2.01. The summed E-state index contributed by atoms with van der Waals surface area (Å²) in [6, 6.07) is 7.69. The molecule has 14 heavy (non-hydrogen) atoms. The molecule has 0 saturated carbocycles. The van der Waals surface area contributed by atoms with E-state index >= 15 is 0 Å². The van der Waals surface area contributed by atoms with Gasteiger partial charge < -0.3 is 0 Å². The summed E-state index contributed by atoms with van der Waals surface area (Å²) in [4.78, 5) is 0. The van der Waals surface area contributed by atoms with Crippen LogP contribution in [0.15, 0.2) is 28.7 Å². The van der Waals surface area contributed by atoms with Gasteiger partial charge in [0.15, 0.2) is 5.82 Å². The zero-order chi connectivity index (χ0) is 9.97. The van der Waals surface area contributed by atoms with Crippen molar-refractivity contribution in [3.63, 3.8) is 0 Å². The Morgan fingerprint density at radius 3 is 2.07 bits per heavy atom. The van der Waals surface area contributed by atoms with Gasteiger partial charge in [-0.1, -0.05) is 15.9 Å². The SMILES string of the molecule is Cc1nnc(-c2ccc(Br)cc2)nn1. The molecular weight excluding hydrogens is 244 g/mol. The first-order chi connectivity index (χ1) is 6.75. The third-order valence-electron chi connectivity index (χ3n) is 1.68. The van der Waals surface area contributed by atoms with Gasteiger partial charge in [0.25, 0.3) is 0 Å². The summed E-state index contributed by atoms with van der Waals surface area (Å²) in [5.41, 5.74) is 0.910. The third kappa shape index (κ3) is 1.93. The second-order valence-corrected chi connectivity index (χ2v) is 3.69. The van der Waals surface area contributed by atoms with Crippen molar-refractivity contribution in [2.24, 2.45) is 0 Å². The fourth-order valence-electron chi connectivity index (χ4n) is 0.994. The molecule has 0 aliphatic carbocycles. The Bertz CT molecular complexity index is 380. The van der Waals surface area contributed by atoms with Crippen LogP contribution in [-0.4, -0.2) is 20.4 Å². The van der Waals surface area contributed by atoms with Gasteiger partial charge in [0, 0.05) is 10.0 Å². The third-order valence-corrected chi connectivity index (χ3v) is 2.21. The van der Waals surface area contributed by atoms with E-state index in [1.165, 1.54) is 0 Å². The summed E-state index contributed by atoms with van der Waals surface area (Å²) >= 11 is 3.36. The maximum atomic E-state index is 3.94. The molecule has 1 heterocycles. The van der Waals surface area contributed by atoms with E-state index in [0.29, 0.717) is 11.6 Å². The van der Waals surface area contributed by atoms with Gasteiger partial charge in [0.2, 0.25) is 5.82 Å². The minimum absolute atomic E-state index is 0.545. The quantitative estimate of drug-likeness (QED) is 0.777. The van der Waals surface area contributed by atoms with Crippen LogP contribution in [0.1, 0.15) is 5.82 Å². The van der Waals surface area contributed by atoms with Gasteiger partial charge in [-0.2, -0.15) is 0 Å². The number of hydrogen-bond acceptors (Lipinski definition) is 4. The highest BCUT2D eigenvalue weighted by Crippen LogP contribution is 2.16. The number of rotatable bonds is 1. The number of hydrogen-bond donors (Lipinski definition) is 0. The Morgan fingerprint density at radius 2 is 1.50 bits per heavy atom. The first-order valence-electron chi connectivity index (χ1n) is 4.05. The first-order valence-corrected chi connectivity index (χ1v) is 4.85. The monoisotopic (exact) mass is 250 g/mol. The van der Waals surface area contributed by atoms with Crippen molar-refractivity contribution in [3.05, 3.63) is 34.6 Å². The molecule has 4 nitrogen and oxygen atoms in total. The van der Waals surface area contributed by atoms with Crippen molar-refractivity contribution < 1.29 is 0 Å². The number of aryl methyl sites for hydroxylation is 1. The van der Waals surface area contributed by atoms with Crippen molar-refractivity contribution in [1.29, 1.82) is 0 Å². The second kappa shape index (κ2) is 3.79. The van der Waals surface area contributed by atoms with Crippen LogP contribution in [0.5, 0.6) is 0 Å². The summed E-state index contributed by atoms with van der Waals surface area (Å²) in [5.74, 6) is 1.12. The molecule has 0 aliphatic heterocycles. The Morgan fingerprint density at radius 1 is 0.929 bits per heavy atom. The van der Waals surface area contributed by atoms with Gasteiger partial charge in [-0.15, -0.1) is 20.4 Å². The number of benzene rings is 1. The zero-order valence-corrected chi connectivity index (χ0v) is 9.06. The predicted octanol–water partition coefficient (Wildman–Crippen LogP) is 2.00. The largest absolute Gasteiger partial charge is 0.203 e. The molecule has 1 aromatic heterocycles. The highest BCUT2D eigenvalue weighted by molar-refractivity contribution is 9.10. The first kappa shape index (κ1) is 9.21. The Hall–Kier alpha value is -1.36. The molecule has 0 amide bonds. The van der Waals surface area contributed by atoms with Gasteiger partial charge in [-0.25, -0.2) is 0 Å². The fourth-order valence-corrected chi connectivity index (χ4v) is 1.26. The van der Waals surface area contributed by atoms with Crippen molar-refractivity contribution in [1.82, 2.24) is 20.4 Å². The average molecular weight is 251 g/mol. The molecule has 0 atom stereocenters. The van der Waals surface area contributed by atoms with Crippen molar-refractivity contribution in [3.8, 4) is 11.4 Å². The van der Waals surface area contributed by atoms with Crippen LogP contribution in [-0.2, 0) is 0 Å². The van der Waals surface area contributed by atoms with E-state index in [9.17, 15) is 0 Å². The summed E-state index contributed by atoms with van der Waals surface area (Å²) in [7, 11) is 0. The standard InChI is InChI=1S/C9H7BrN4/c1-6-11-13-9(14-12-6)7-2-4-8(10)5-3-7/h2-5H,1H3. The summed E-state index contributed by atoms with van der Waals surface area (Å²) in [5, 5.41) is 15.6. The molecule has 2 aromatic rings. The molecule has 0 fully saturated rings. The molecule has 5 heteroatoms. The lowest BCUT2D eigenvalue weighted by atomic mass is 10.2. The molecule has 1 aromatic carbocycles. The number of nitrogens with zero attached hydrogens (tertiary/aromatic N) is 4. The molecular formula is C9H7BrN4. The summed E-state index contributed by atoms with van der Waals surface area (Å²) in [6.45, 7) is 1.76. The average Bonchev–Trinajstić information content (AvgIpc) is 2.21. The van der Waals surface area contributed by atoms with Crippen LogP contribution in [0.4, 0.5) is 0 Å². The van der Waals surface area contributed by atoms with Crippen LogP contribution in [0.2, 0.25) is 0 Å². The number of aromatic nitrogens is 4. The highest BCUT2D eigenvalue weighted by atomic mass is 79.9. The molecule has 0 N–H and O–H groups in total. The predicted molar refractivity (Wildman–Crippen MR) is 55.5 cm³/mol. The van der Waals surface area contributed by atoms with E-state index in [1.807, 2.05) is 24.3 Å². The van der Waals surface area contributed by atoms with E-state index in [0.717, 1.165) is 10.0 Å². The molecule has 0 bridgehead atoms. The minimum Gasteiger partial charge on any atom is -0.131 e. The maximum Gasteiger partial charge on any atom is 0.203 e. The smallest absolute Gasteiger partial charge is 0.131 e. The van der Waals surface area contributed by atoms with E-state index in [4.69, 9.17) is 0 Å². The molecule has 0 spiro atoms. The second-order valence-electron chi connectivity index (χ2n) is 2.78. The van der Waals surface area contributed by atoms with E-state index in [2.05, 4.69) is 36.3 Å². The lowest BCUT2D eigenvalue weighted by molar-refractivity contribution is 0.816. The summed E-state index contributed by atoms with van der Waals surface area (Å²) < 4.78 is 1.02. The normalized spacial score (nSPS) is 10.1. The molecule has 70 valence electrons. The minimum atomic E-state index is 0.545. The Labute approximate surface area is 89.5 Å². The molecule has 0 radical (unpaired) electrons. The molecule has 0 aliphatic rings. The molecule has 0 saturated heterocycles. The van der Waals surface area contributed by atoms with Crippen LogP contribution < -0.4 is 0 Å². The summed E-state index contributed by atoms with van der Waals surface area (Å²) in [6.07, 6.45) is 0. The maximum absolute atomic E-state index is 3.94. The number of halogens is 1. The van der Waals surface area contributed by atoms with E-state index < -0.39 is 0 Å². The Kier molecular flexibility index (Phi) is 2.49. The van der Waals surface area contributed by atoms with Crippen LogP contribution >= 0.6 is 15.9 Å². The van der Waals surface area contributed by atoms with Crippen LogP contribution in [0.25, 0.3) is 11.4 Å². The molecule has 0 unspecified atom stereocenters. The topological polar surface area (TPSA) is 51.6 Å². The molecule has 2 rings (SSSR count). The van der Waals surface area contributed by atoms with Gasteiger partial charge in [-0.3, -0.25) is 0 Å². The fraction of sp³-hybridized carbons (Fsp3) is 0.111. The lowest BCUT2D eigenvalue weighted by Gasteiger charge is -1.97. The van der Waals surface area contributed by atoms with Crippen LogP contribution in [0.3, 0.4) is 0 Å².